The Kier molecular flexibility index (Phi) is 4.65. The molecule has 2 heterocycles. The van der Waals surface area contributed by atoms with E-state index in [0.717, 1.165) is 17.1 Å². The maximum absolute atomic E-state index is 12.2. The van der Waals surface area contributed by atoms with E-state index in [1.54, 1.807) is 25.1 Å². The lowest BCUT2D eigenvalue weighted by atomic mass is 10.2. The normalized spacial score (nSPS) is 17.8. The highest BCUT2D eigenvalue weighted by Crippen LogP contribution is 2.33. The molecule has 2 aromatic carbocycles. The Balaban J connectivity index is 1.34. The Morgan fingerprint density at radius 2 is 1.85 bits per heavy atom. The molecule has 0 spiro atoms. The number of hydrogen-bond acceptors (Lipinski definition) is 6. The molecule has 1 amide bonds. The van der Waals surface area contributed by atoms with E-state index in [2.05, 4.69) is 10.5 Å². The van der Waals surface area contributed by atoms with Crippen LogP contribution in [0.3, 0.4) is 0 Å². The lowest BCUT2D eigenvalue weighted by Gasteiger charge is -2.24. The van der Waals surface area contributed by atoms with Gasteiger partial charge >= 0.3 is 0 Å². The van der Waals surface area contributed by atoms with Gasteiger partial charge in [0.2, 0.25) is 12.9 Å². The molecule has 0 aliphatic carbocycles. The molecule has 138 valence electrons. The summed E-state index contributed by atoms with van der Waals surface area (Å²) in [6.45, 7) is 2.17. The second-order valence-electron chi connectivity index (χ2n) is 6.04. The third-order valence-electron chi connectivity index (χ3n) is 4.06. The fraction of sp³-hybridized carbons (Fsp3) is 0.200. The number of hydrogen-bond donors (Lipinski definition) is 1. The highest BCUT2D eigenvalue weighted by molar-refractivity contribution is 5.97. The summed E-state index contributed by atoms with van der Waals surface area (Å²) in [6.07, 6.45) is 2.93. The van der Waals surface area contributed by atoms with Crippen LogP contribution in [-0.4, -0.2) is 31.1 Å². The number of fused-ring (bicyclic) bond motifs is 2. The van der Waals surface area contributed by atoms with Gasteiger partial charge in [-0.25, -0.2) is 5.43 Å². The van der Waals surface area contributed by atoms with E-state index in [9.17, 15) is 4.79 Å². The highest BCUT2D eigenvalue weighted by atomic mass is 16.7. The Labute approximate surface area is 156 Å². The number of carbonyl (C=O) groups excluding carboxylic acids is 1. The van der Waals surface area contributed by atoms with Crippen molar-refractivity contribution < 1.29 is 23.7 Å². The number of benzene rings is 2. The first kappa shape index (κ1) is 17.0. The minimum atomic E-state index is -0.741. The third-order valence-corrected chi connectivity index (χ3v) is 4.06. The fourth-order valence-electron chi connectivity index (χ4n) is 2.63. The number of amides is 1. The van der Waals surface area contributed by atoms with E-state index < -0.39 is 6.10 Å². The predicted octanol–water partition coefficient (Wildman–Crippen LogP) is 2.76. The molecule has 2 aliphatic rings. The van der Waals surface area contributed by atoms with Crippen LogP contribution < -0.4 is 24.4 Å². The minimum Gasteiger partial charge on any atom is -0.485 e. The summed E-state index contributed by atoms with van der Waals surface area (Å²) >= 11 is 0. The summed E-state index contributed by atoms with van der Waals surface area (Å²) in [5, 5.41) is 4.08. The zero-order valence-corrected chi connectivity index (χ0v) is 14.7. The lowest BCUT2D eigenvalue weighted by Crippen LogP contribution is -2.42. The number of ether oxygens (including phenoxy) is 4. The maximum atomic E-state index is 12.2. The molecule has 27 heavy (non-hydrogen) atoms. The molecular formula is C20H18N2O5. The average Bonchev–Trinajstić information content (AvgIpc) is 3.18. The van der Waals surface area contributed by atoms with E-state index in [1.807, 2.05) is 36.4 Å². The molecule has 0 saturated carbocycles. The Morgan fingerprint density at radius 1 is 1.07 bits per heavy atom. The van der Waals surface area contributed by atoms with Gasteiger partial charge < -0.3 is 18.9 Å². The number of nitrogens with zero attached hydrogens (tertiary/aromatic N) is 1. The second kappa shape index (κ2) is 7.41. The molecule has 0 unspecified atom stereocenters. The van der Waals surface area contributed by atoms with Crippen molar-refractivity contribution in [2.75, 3.05) is 13.4 Å². The summed E-state index contributed by atoms with van der Waals surface area (Å²) in [5.41, 5.74) is 4.09. The van der Waals surface area contributed by atoms with E-state index in [1.165, 1.54) is 0 Å². The molecule has 0 saturated heterocycles. The van der Waals surface area contributed by atoms with Crippen LogP contribution in [0, 0.1) is 0 Å². The molecule has 1 N–H and O–H groups in total. The van der Waals surface area contributed by atoms with Gasteiger partial charge in [-0.1, -0.05) is 24.3 Å². The molecule has 7 heteroatoms. The Bertz CT molecular complexity index is 922. The number of para-hydroxylation sites is 2. The van der Waals surface area contributed by atoms with Crippen LogP contribution in [0.25, 0.3) is 6.08 Å². The fourth-order valence-corrected chi connectivity index (χ4v) is 2.63. The smallest absolute Gasteiger partial charge is 0.284 e. The standard InChI is InChI=1S/C20H18N2O5/c1-13(6-7-14-8-9-16-18(10-14)26-12-25-16)21-22-20(23)19-11-24-15-4-2-3-5-17(15)27-19/h2-10,19H,11-12H2,1H3,(H,22,23)/b7-6+,21-13-/t19-/m1/s1. The quantitative estimate of drug-likeness (QED) is 0.665. The van der Waals surface area contributed by atoms with Gasteiger partial charge in [0.15, 0.2) is 23.0 Å². The second-order valence-corrected chi connectivity index (χ2v) is 6.04. The summed E-state index contributed by atoms with van der Waals surface area (Å²) in [5.74, 6) is 2.27. The summed E-state index contributed by atoms with van der Waals surface area (Å²) in [6, 6.07) is 12.9. The van der Waals surface area contributed by atoms with E-state index in [0.29, 0.717) is 17.2 Å². The molecule has 0 radical (unpaired) electrons. The van der Waals surface area contributed by atoms with Crippen molar-refractivity contribution in [2.24, 2.45) is 5.10 Å². The van der Waals surface area contributed by atoms with Gasteiger partial charge in [0.1, 0.15) is 6.61 Å². The number of carbonyl (C=O) groups is 1. The van der Waals surface area contributed by atoms with Gasteiger partial charge in [0.05, 0.1) is 5.71 Å². The van der Waals surface area contributed by atoms with Crippen molar-refractivity contribution in [3.8, 4) is 23.0 Å². The number of hydrazone groups is 1. The monoisotopic (exact) mass is 366 g/mol. The van der Waals surface area contributed by atoms with Crippen LogP contribution in [0.15, 0.2) is 53.6 Å². The van der Waals surface area contributed by atoms with Crippen LogP contribution in [0.1, 0.15) is 12.5 Å². The highest BCUT2D eigenvalue weighted by Gasteiger charge is 2.27. The van der Waals surface area contributed by atoms with Gasteiger partial charge in [-0.15, -0.1) is 0 Å². The molecule has 2 aliphatic heterocycles. The van der Waals surface area contributed by atoms with E-state index in [-0.39, 0.29) is 19.3 Å². The first-order valence-corrected chi connectivity index (χ1v) is 8.49. The summed E-state index contributed by atoms with van der Waals surface area (Å²) in [4.78, 5) is 12.2. The van der Waals surface area contributed by atoms with Gasteiger partial charge in [-0.05, 0) is 42.8 Å². The van der Waals surface area contributed by atoms with Crippen LogP contribution in [0.5, 0.6) is 23.0 Å². The van der Waals surface area contributed by atoms with E-state index in [4.69, 9.17) is 18.9 Å². The number of allylic oxidation sites excluding steroid dienone is 1. The zero-order valence-electron chi connectivity index (χ0n) is 14.7. The summed E-state index contributed by atoms with van der Waals surface area (Å²) in [7, 11) is 0. The average molecular weight is 366 g/mol. The molecule has 1 atom stereocenters. The van der Waals surface area contributed by atoms with Crippen molar-refractivity contribution in [1.82, 2.24) is 5.43 Å². The molecule has 2 aromatic rings. The third kappa shape index (κ3) is 3.87. The first-order valence-electron chi connectivity index (χ1n) is 8.49. The number of rotatable bonds is 4. The van der Waals surface area contributed by atoms with Gasteiger partial charge in [-0.3, -0.25) is 4.79 Å². The Hall–Kier alpha value is -3.48. The molecular weight excluding hydrogens is 348 g/mol. The van der Waals surface area contributed by atoms with Crippen molar-refractivity contribution in [3.63, 3.8) is 0 Å². The largest absolute Gasteiger partial charge is 0.485 e. The van der Waals surface area contributed by atoms with Crippen molar-refractivity contribution in [2.45, 2.75) is 13.0 Å². The van der Waals surface area contributed by atoms with Crippen LogP contribution >= 0.6 is 0 Å². The maximum Gasteiger partial charge on any atom is 0.284 e. The van der Waals surface area contributed by atoms with Gasteiger partial charge in [-0.2, -0.15) is 5.10 Å². The van der Waals surface area contributed by atoms with Crippen molar-refractivity contribution in [1.29, 1.82) is 0 Å². The molecule has 4 rings (SSSR count). The van der Waals surface area contributed by atoms with Gasteiger partial charge in [0, 0.05) is 0 Å². The summed E-state index contributed by atoms with van der Waals surface area (Å²) < 4.78 is 21.8. The van der Waals surface area contributed by atoms with Crippen LogP contribution in [0.2, 0.25) is 0 Å². The van der Waals surface area contributed by atoms with Crippen molar-refractivity contribution in [3.05, 3.63) is 54.1 Å². The zero-order chi connectivity index (χ0) is 18.6. The molecule has 0 aromatic heterocycles. The van der Waals surface area contributed by atoms with Crippen LogP contribution in [0.4, 0.5) is 0 Å². The first-order chi connectivity index (χ1) is 13.2. The Morgan fingerprint density at radius 3 is 2.74 bits per heavy atom. The van der Waals surface area contributed by atoms with Gasteiger partial charge in [0.25, 0.3) is 5.91 Å². The van der Waals surface area contributed by atoms with E-state index >= 15 is 0 Å². The molecule has 7 nitrogen and oxygen atoms in total. The predicted molar refractivity (Wildman–Crippen MR) is 99.2 cm³/mol. The van der Waals surface area contributed by atoms with Crippen LogP contribution in [-0.2, 0) is 4.79 Å². The number of nitrogens with one attached hydrogen (secondary N) is 1. The lowest BCUT2D eigenvalue weighted by molar-refractivity contribution is -0.130. The SMILES string of the molecule is CC(/C=C/c1ccc2c(c1)OCO2)=N/NC(=O)[C@H]1COc2ccccc2O1. The van der Waals surface area contributed by atoms with Crippen molar-refractivity contribution >= 4 is 17.7 Å². The topological polar surface area (TPSA) is 78.4 Å². The molecule has 0 fully saturated rings. The molecule has 0 bridgehead atoms. The minimum absolute atomic E-state index is 0.143.